The van der Waals surface area contributed by atoms with Crippen molar-refractivity contribution in [3.8, 4) is 0 Å². The lowest BCUT2D eigenvalue weighted by Crippen LogP contribution is -2.37. The van der Waals surface area contributed by atoms with Crippen molar-refractivity contribution >= 4 is 23.4 Å². The van der Waals surface area contributed by atoms with Crippen molar-refractivity contribution in [3.05, 3.63) is 59.7 Å². The molecule has 0 spiro atoms. The summed E-state index contributed by atoms with van der Waals surface area (Å²) in [6.07, 6.45) is 0.707. The van der Waals surface area contributed by atoms with Crippen molar-refractivity contribution in [1.29, 1.82) is 0 Å². The van der Waals surface area contributed by atoms with E-state index < -0.39 is 6.09 Å². The number of hydrogen-bond acceptors (Lipinski definition) is 3. The monoisotopic (exact) mass is 352 g/mol. The van der Waals surface area contributed by atoms with Gasteiger partial charge in [-0.3, -0.25) is 10.1 Å². The molecule has 136 valence electrons. The molecule has 0 aromatic heterocycles. The van der Waals surface area contributed by atoms with Crippen molar-refractivity contribution in [2.24, 2.45) is 5.92 Å². The zero-order valence-electron chi connectivity index (χ0n) is 15.2. The number of amides is 2. The smallest absolute Gasteiger partial charge is 0.411 e. The molecule has 0 unspecified atom stereocenters. The molecule has 2 aromatic carbocycles. The van der Waals surface area contributed by atoms with E-state index in [1.165, 1.54) is 0 Å². The molecule has 0 aliphatic carbocycles. The quantitative estimate of drug-likeness (QED) is 0.869. The van der Waals surface area contributed by atoms with E-state index in [2.05, 4.69) is 19.2 Å². The molecular weight excluding hydrogens is 328 g/mol. The molecule has 0 saturated heterocycles. The van der Waals surface area contributed by atoms with E-state index in [0.29, 0.717) is 31.0 Å². The highest BCUT2D eigenvalue weighted by atomic mass is 16.5. The minimum absolute atomic E-state index is 0.161. The fourth-order valence-electron chi connectivity index (χ4n) is 3.08. The van der Waals surface area contributed by atoms with E-state index in [1.807, 2.05) is 53.4 Å². The summed E-state index contributed by atoms with van der Waals surface area (Å²) in [7, 11) is 0. The Balaban J connectivity index is 1.65. The van der Waals surface area contributed by atoms with Gasteiger partial charge in [0.2, 0.25) is 5.91 Å². The Morgan fingerprint density at radius 1 is 1.15 bits per heavy atom. The number of aryl methyl sites for hydroxylation is 1. The van der Waals surface area contributed by atoms with Gasteiger partial charge in [-0.15, -0.1) is 0 Å². The molecule has 5 nitrogen and oxygen atoms in total. The van der Waals surface area contributed by atoms with Crippen LogP contribution >= 0.6 is 0 Å². The summed E-state index contributed by atoms with van der Waals surface area (Å²) in [5.41, 5.74) is 3.64. The van der Waals surface area contributed by atoms with Crippen LogP contribution in [0.4, 0.5) is 16.2 Å². The third-order valence-corrected chi connectivity index (χ3v) is 4.29. The molecule has 0 saturated carbocycles. The fraction of sp³-hybridized carbons (Fsp3) is 0.333. The van der Waals surface area contributed by atoms with Gasteiger partial charge in [0.05, 0.1) is 0 Å². The predicted molar refractivity (Wildman–Crippen MR) is 102 cm³/mol. The number of rotatable bonds is 5. The summed E-state index contributed by atoms with van der Waals surface area (Å²) < 4.78 is 5.25. The van der Waals surface area contributed by atoms with Gasteiger partial charge in [0.1, 0.15) is 6.61 Å². The second kappa shape index (κ2) is 8.04. The molecule has 1 N–H and O–H groups in total. The maximum Gasteiger partial charge on any atom is 0.411 e. The van der Waals surface area contributed by atoms with E-state index in [-0.39, 0.29) is 12.5 Å². The van der Waals surface area contributed by atoms with E-state index in [1.54, 1.807) is 0 Å². The van der Waals surface area contributed by atoms with Crippen LogP contribution < -0.4 is 10.2 Å². The summed E-state index contributed by atoms with van der Waals surface area (Å²) in [6.45, 7) is 5.13. The van der Waals surface area contributed by atoms with Crippen molar-refractivity contribution in [2.45, 2.75) is 33.3 Å². The summed E-state index contributed by atoms with van der Waals surface area (Å²) in [4.78, 5) is 26.1. The number of fused-ring (bicyclic) bond motifs is 1. The minimum atomic E-state index is -0.486. The summed E-state index contributed by atoms with van der Waals surface area (Å²) in [5, 5.41) is 2.76. The third-order valence-electron chi connectivity index (χ3n) is 4.29. The van der Waals surface area contributed by atoms with Gasteiger partial charge in [-0.2, -0.15) is 0 Å². The number of benzene rings is 2. The number of anilines is 2. The van der Waals surface area contributed by atoms with Crippen LogP contribution in [0.15, 0.2) is 48.5 Å². The molecule has 2 amide bonds. The van der Waals surface area contributed by atoms with Crippen LogP contribution in [0.5, 0.6) is 0 Å². The zero-order valence-corrected chi connectivity index (χ0v) is 15.2. The first-order valence-electron chi connectivity index (χ1n) is 8.94. The van der Waals surface area contributed by atoms with Crippen molar-refractivity contribution in [2.75, 3.05) is 16.8 Å². The molecular formula is C21H24N2O3. The van der Waals surface area contributed by atoms with Gasteiger partial charge in [-0.05, 0) is 41.7 Å². The number of nitrogens with one attached hydrogen (secondary N) is 1. The van der Waals surface area contributed by atoms with Crippen LogP contribution in [-0.2, 0) is 22.6 Å². The maximum absolute atomic E-state index is 12.2. The predicted octanol–water partition coefficient (Wildman–Crippen LogP) is 4.37. The molecule has 2 aromatic rings. The van der Waals surface area contributed by atoms with Gasteiger partial charge >= 0.3 is 6.09 Å². The number of ether oxygens (including phenoxy) is 1. The molecule has 0 bridgehead atoms. The maximum atomic E-state index is 12.2. The Morgan fingerprint density at radius 3 is 2.65 bits per heavy atom. The molecule has 0 atom stereocenters. The fourth-order valence-corrected chi connectivity index (χ4v) is 3.08. The second-order valence-corrected chi connectivity index (χ2v) is 6.93. The average molecular weight is 352 g/mol. The number of carbonyl (C=O) groups excluding carboxylic acids is 2. The second-order valence-electron chi connectivity index (χ2n) is 6.93. The van der Waals surface area contributed by atoms with Crippen LogP contribution in [0.25, 0.3) is 0 Å². The topological polar surface area (TPSA) is 58.6 Å². The number of hydrogen-bond donors (Lipinski definition) is 1. The standard InChI is InChI=1S/C21H24N2O3/c1-15(2)13-23-19-10-9-18(12-17(19)8-11-20(23)24)22-21(25)26-14-16-6-4-3-5-7-16/h3-7,9-10,12,15H,8,11,13-14H2,1-2H3,(H,22,25). The molecule has 1 aliphatic heterocycles. The first-order chi connectivity index (χ1) is 12.5. The van der Waals surface area contributed by atoms with Gasteiger partial charge in [0.15, 0.2) is 0 Å². The Hall–Kier alpha value is -2.82. The van der Waals surface area contributed by atoms with Gasteiger partial charge < -0.3 is 9.64 Å². The normalized spacial score (nSPS) is 13.5. The Morgan fingerprint density at radius 2 is 1.92 bits per heavy atom. The van der Waals surface area contributed by atoms with Gasteiger partial charge in [0.25, 0.3) is 0 Å². The largest absolute Gasteiger partial charge is 0.444 e. The third kappa shape index (κ3) is 4.42. The zero-order chi connectivity index (χ0) is 18.5. The molecule has 1 heterocycles. The first kappa shape index (κ1) is 18.0. The van der Waals surface area contributed by atoms with Crippen LogP contribution in [0.2, 0.25) is 0 Å². The van der Waals surface area contributed by atoms with E-state index in [9.17, 15) is 9.59 Å². The van der Waals surface area contributed by atoms with Gasteiger partial charge in [-0.1, -0.05) is 44.2 Å². The highest BCUT2D eigenvalue weighted by Crippen LogP contribution is 2.31. The van der Waals surface area contributed by atoms with Crippen LogP contribution in [0, 0.1) is 5.92 Å². The van der Waals surface area contributed by atoms with E-state index in [0.717, 1.165) is 16.8 Å². The summed E-state index contributed by atoms with van der Waals surface area (Å²) in [6, 6.07) is 15.2. The lowest BCUT2D eigenvalue weighted by molar-refractivity contribution is -0.119. The Labute approximate surface area is 154 Å². The molecule has 5 heteroatoms. The number of carbonyl (C=O) groups is 2. The summed E-state index contributed by atoms with van der Waals surface area (Å²) in [5.74, 6) is 0.560. The molecule has 1 aliphatic rings. The average Bonchev–Trinajstić information content (AvgIpc) is 2.63. The molecule has 3 rings (SSSR count). The van der Waals surface area contributed by atoms with Gasteiger partial charge in [0, 0.05) is 24.3 Å². The van der Waals surface area contributed by atoms with Crippen LogP contribution in [-0.4, -0.2) is 18.5 Å². The van der Waals surface area contributed by atoms with Crippen molar-refractivity contribution in [1.82, 2.24) is 0 Å². The number of nitrogens with zero attached hydrogens (tertiary/aromatic N) is 1. The minimum Gasteiger partial charge on any atom is -0.444 e. The Kier molecular flexibility index (Phi) is 5.56. The summed E-state index contributed by atoms with van der Waals surface area (Å²) >= 11 is 0. The van der Waals surface area contributed by atoms with E-state index in [4.69, 9.17) is 4.74 Å². The van der Waals surface area contributed by atoms with Crippen LogP contribution in [0.1, 0.15) is 31.4 Å². The molecule has 0 radical (unpaired) electrons. The van der Waals surface area contributed by atoms with Crippen molar-refractivity contribution < 1.29 is 14.3 Å². The molecule has 0 fully saturated rings. The van der Waals surface area contributed by atoms with Crippen molar-refractivity contribution in [3.63, 3.8) is 0 Å². The van der Waals surface area contributed by atoms with Crippen LogP contribution in [0.3, 0.4) is 0 Å². The first-order valence-corrected chi connectivity index (χ1v) is 8.94. The lowest BCUT2D eigenvalue weighted by Gasteiger charge is -2.31. The Bertz CT molecular complexity index is 787. The molecule has 26 heavy (non-hydrogen) atoms. The SMILES string of the molecule is CC(C)CN1C(=O)CCc2cc(NC(=O)OCc3ccccc3)ccc21. The van der Waals surface area contributed by atoms with Gasteiger partial charge in [-0.25, -0.2) is 4.79 Å². The highest BCUT2D eigenvalue weighted by Gasteiger charge is 2.24. The van der Waals surface area contributed by atoms with E-state index >= 15 is 0 Å². The lowest BCUT2D eigenvalue weighted by atomic mass is 9.99. The highest BCUT2D eigenvalue weighted by molar-refractivity contribution is 5.97.